The molecule has 7 nitrogen and oxygen atoms in total. The smallest absolute Gasteiger partial charge is 0.246 e. The number of likely N-dealkylation sites (N-methyl/N-ethyl adjacent to an activating group) is 1. The Morgan fingerprint density at radius 1 is 1.29 bits per heavy atom. The van der Waals surface area contributed by atoms with Crippen molar-refractivity contribution in [1.29, 1.82) is 0 Å². The summed E-state index contributed by atoms with van der Waals surface area (Å²) in [7, 11) is 1.63. The SMILES string of the molecule is CNC(=O)C(Nc1cc(C2CC2)nn2cnnc12)c1ccccc1. The van der Waals surface area contributed by atoms with E-state index in [1.807, 2.05) is 36.4 Å². The Kier molecular flexibility index (Phi) is 3.60. The summed E-state index contributed by atoms with van der Waals surface area (Å²) in [4.78, 5) is 12.4. The molecule has 122 valence electrons. The predicted octanol–water partition coefficient (Wildman–Crippen LogP) is 1.90. The lowest BCUT2D eigenvalue weighted by molar-refractivity contribution is -0.121. The van der Waals surface area contributed by atoms with Crippen LogP contribution in [-0.4, -0.2) is 32.8 Å². The van der Waals surface area contributed by atoms with E-state index in [0.717, 1.165) is 29.8 Å². The number of anilines is 1. The molecule has 2 N–H and O–H groups in total. The monoisotopic (exact) mass is 322 g/mol. The van der Waals surface area contributed by atoms with Crippen LogP contribution in [0.2, 0.25) is 0 Å². The number of hydrogen-bond donors (Lipinski definition) is 2. The number of fused-ring (bicyclic) bond motifs is 1. The Hall–Kier alpha value is -2.96. The first kappa shape index (κ1) is 14.6. The number of benzene rings is 1. The molecule has 2 aromatic heterocycles. The summed E-state index contributed by atoms with van der Waals surface area (Å²) in [6.45, 7) is 0. The maximum atomic E-state index is 12.4. The highest BCUT2D eigenvalue weighted by molar-refractivity contribution is 5.87. The van der Waals surface area contributed by atoms with Crippen LogP contribution in [0.3, 0.4) is 0 Å². The van der Waals surface area contributed by atoms with E-state index in [-0.39, 0.29) is 5.91 Å². The lowest BCUT2D eigenvalue weighted by Crippen LogP contribution is -2.31. The molecule has 1 aliphatic rings. The first-order valence-electron chi connectivity index (χ1n) is 8.00. The second kappa shape index (κ2) is 5.92. The van der Waals surface area contributed by atoms with E-state index in [9.17, 15) is 4.79 Å². The van der Waals surface area contributed by atoms with Crippen LogP contribution in [-0.2, 0) is 4.79 Å². The Balaban J connectivity index is 1.75. The van der Waals surface area contributed by atoms with E-state index in [4.69, 9.17) is 0 Å². The standard InChI is InChI=1S/C17H18N6O/c1-18-17(24)15(12-5-3-2-4-6-12)20-14-9-13(11-7-8-11)22-23-10-19-21-16(14)23/h2-6,9-11,15,20H,7-8H2,1H3,(H,18,24). The number of rotatable bonds is 5. The molecule has 4 rings (SSSR count). The van der Waals surface area contributed by atoms with E-state index < -0.39 is 6.04 Å². The minimum absolute atomic E-state index is 0.108. The molecule has 1 amide bonds. The molecule has 1 saturated carbocycles. The third kappa shape index (κ3) is 2.68. The van der Waals surface area contributed by atoms with Gasteiger partial charge in [-0.1, -0.05) is 30.3 Å². The van der Waals surface area contributed by atoms with Crippen LogP contribution in [0.5, 0.6) is 0 Å². The van der Waals surface area contributed by atoms with Gasteiger partial charge in [-0.15, -0.1) is 10.2 Å². The summed E-state index contributed by atoms with van der Waals surface area (Å²) < 4.78 is 1.67. The van der Waals surface area contributed by atoms with Crippen molar-refractivity contribution in [2.24, 2.45) is 0 Å². The highest BCUT2D eigenvalue weighted by Gasteiger charge is 2.28. The fourth-order valence-corrected chi connectivity index (χ4v) is 2.78. The summed E-state index contributed by atoms with van der Waals surface area (Å²) in [6.07, 6.45) is 3.89. The molecule has 0 bridgehead atoms. The van der Waals surface area contributed by atoms with Crippen molar-refractivity contribution >= 4 is 17.2 Å². The lowest BCUT2D eigenvalue weighted by Gasteiger charge is -2.19. The molecule has 0 spiro atoms. The predicted molar refractivity (Wildman–Crippen MR) is 89.6 cm³/mol. The average molecular weight is 322 g/mol. The zero-order valence-electron chi connectivity index (χ0n) is 13.3. The summed E-state index contributed by atoms with van der Waals surface area (Å²) in [5.74, 6) is 0.385. The summed E-state index contributed by atoms with van der Waals surface area (Å²) in [5, 5.41) is 18.7. The molecular formula is C17H18N6O. The van der Waals surface area contributed by atoms with Crippen LogP contribution in [0.4, 0.5) is 5.69 Å². The molecule has 1 fully saturated rings. The molecule has 1 unspecified atom stereocenters. The van der Waals surface area contributed by atoms with Crippen LogP contribution in [0.15, 0.2) is 42.7 Å². The normalized spacial score (nSPS) is 15.2. The van der Waals surface area contributed by atoms with Gasteiger partial charge in [0.1, 0.15) is 12.4 Å². The van der Waals surface area contributed by atoms with Gasteiger partial charge in [-0.25, -0.2) is 0 Å². The fraction of sp³-hybridized carbons (Fsp3) is 0.294. The van der Waals surface area contributed by atoms with Gasteiger partial charge >= 0.3 is 0 Å². The highest BCUT2D eigenvalue weighted by atomic mass is 16.2. The molecule has 3 aromatic rings. The molecule has 0 aliphatic heterocycles. The Morgan fingerprint density at radius 3 is 2.79 bits per heavy atom. The Labute approximate surface area is 139 Å². The molecule has 1 aliphatic carbocycles. The summed E-state index contributed by atoms with van der Waals surface area (Å²) in [5.41, 5.74) is 3.28. The van der Waals surface area contributed by atoms with Gasteiger partial charge in [0, 0.05) is 13.0 Å². The molecule has 7 heteroatoms. The quantitative estimate of drug-likeness (QED) is 0.749. The number of amides is 1. The molecule has 1 aromatic carbocycles. The second-order valence-corrected chi connectivity index (χ2v) is 5.96. The fourth-order valence-electron chi connectivity index (χ4n) is 2.78. The Morgan fingerprint density at radius 2 is 2.08 bits per heavy atom. The van der Waals surface area contributed by atoms with Crippen LogP contribution < -0.4 is 10.6 Å². The van der Waals surface area contributed by atoms with Crippen LogP contribution in [0.25, 0.3) is 5.65 Å². The van der Waals surface area contributed by atoms with E-state index in [1.54, 1.807) is 17.9 Å². The number of hydrogen-bond acceptors (Lipinski definition) is 5. The minimum Gasteiger partial charge on any atom is -0.367 e. The van der Waals surface area contributed by atoms with Crippen molar-refractivity contribution in [2.75, 3.05) is 12.4 Å². The number of aromatic nitrogens is 4. The third-order valence-electron chi connectivity index (χ3n) is 4.22. The lowest BCUT2D eigenvalue weighted by atomic mass is 10.1. The Bertz CT molecular complexity index is 871. The van der Waals surface area contributed by atoms with E-state index in [0.29, 0.717) is 11.6 Å². The van der Waals surface area contributed by atoms with Crippen molar-refractivity contribution < 1.29 is 4.79 Å². The van der Waals surface area contributed by atoms with Gasteiger partial charge in [-0.05, 0) is 24.5 Å². The van der Waals surface area contributed by atoms with Crippen molar-refractivity contribution in [2.45, 2.75) is 24.8 Å². The first-order chi connectivity index (χ1) is 11.8. The largest absolute Gasteiger partial charge is 0.367 e. The van der Waals surface area contributed by atoms with Gasteiger partial charge in [-0.3, -0.25) is 4.79 Å². The molecule has 24 heavy (non-hydrogen) atoms. The molecule has 0 saturated heterocycles. The maximum Gasteiger partial charge on any atom is 0.246 e. The van der Waals surface area contributed by atoms with Gasteiger partial charge in [0.15, 0.2) is 0 Å². The van der Waals surface area contributed by atoms with Gasteiger partial charge in [0.25, 0.3) is 0 Å². The average Bonchev–Trinajstić information content (AvgIpc) is 3.37. The van der Waals surface area contributed by atoms with Gasteiger partial charge in [0.05, 0.1) is 11.4 Å². The van der Waals surface area contributed by atoms with Crippen molar-refractivity contribution in [3.63, 3.8) is 0 Å². The number of carbonyl (C=O) groups is 1. The van der Waals surface area contributed by atoms with Crippen molar-refractivity contribution in [3.05, 3.63) is 54.0 Å². The van der Waals surface area contributed by atoms with Crippen molar-refractivity contribution in [1.82, 2.24) is 25.1 Å². The second-order valence-electron chi connectivity index (χ2n) is 5.96. The molecular weight excluding hydrogens is 304 g/mol. The third-order valence-corrected chi connectivity index (χ3v) is 4.22. The maximum absolute atomic E-state index is 12.4. The summed E-state index contributed by atoms with van der Waals surface area (Å²) >= 11 is 0. The van der Waals surface area contributed by atoms with Crippen LogP contribution >= 0.6 is 0 Å². The minimum atomic E-state index is -0.508. The van der Waals surface area contributed by atoms with Gasteiger partial charge < -0.3 is 10.6 Å². The topological polar surface area (TPSA) is 84.2 Å². The molecule has 1 atom stereocenters. The van der Waals surface area contributed by atoms with Crippen molar-refractivity contribution in [3.8, 4) is 0 Å². The highest BCUT2D eigenvalue weighted by Crippen LogP contribution is 2.40. The van der Waals surface area contributed by atoms with Gasteiger partial charge in [0.2, 0.25) is 11.6 Å². The van der Waals surface area contributed by atoms with Gasteiger partial charge in [-0.2, -0.15) is 9.61 Å². The number of nitrogens with one attached hydrogen (secondary N) is 2. The number of nitrogens with zero attached hydrogens (tertiary/aromatic N) is 4. The first-order valence-corrected chi connectivity index (χ1v) is 8.00. The zero-order valence-corrected chi connectivity index (χ0v) is 13.3. The summed E-state index contributed by atoms with van der Waals surface area (Å²) in [6, 6.07) is 11.1. The van der Waals surface area contributed by atoms with Crippen LogP contribution in [0, 0.1) is 0 Å². The zero-order chi connectivity index (χ0) is 16.5. The van der Waals surface area contributed by atoms with E-state index >= 15 is 0 Å². The molecule has 0 radical (unpaired) electrons. The van der Waals surface area contributed by atoms with Crippen LogP contribution in [0.1, 0.15) is 36.1 Å². The number of carbonyl (C=O) groups excluding carboxylic acids is 1. The molecule has 2 heterocycles. The van der Waals surface area contributed by atoms with E-state index in [1.165, 1.54) is 0 Å². The van der Waals surface area contributed by atoms with E-state index in [2.05, 4.69) is 25.9 Å².